The van der Waals surface area contributed by atoms with E-state index in [4.69, 9.17) is 0 Å². The van der Waals surface area contributed by atoms with Crippen molar-refractivity contribution in [2.75, 3.05) is 11.4 Å². The van der Waals surface area contributed by atoms with Crippen molar-refractivity contribution in [1.29, 1.82) is 0 Å². The molecule has 3 nitrogen and oxygen atoms in total. The SMILES string of the molecule is CCc1nc(N(CC)C(C)CC)sc1C=O. The summed E-state index contributed by atoms with van der Waals surface area (Å²) in [5.74, 6) is 0. The normalized spacial score (nSPS) is 12.5. The molecule has 0 aliphatic carbocycles. The quantitative estimate of drug-likeness (QED) is 0.716. The van der Waals surface area contributed by atoms with Crippen molar-refractivity contribution in [3.05, 3.63) is 10.6 Å². The van der Waals surface area contributed by atoms with E-state index in [0.29, 0.717) is 6.04 Å². The maximum absolute atomic E-state index is 10.9. The van der Waals surface area contributed by atoms with Gasteiger partial charge in [0, 0.05) is 12.6 Å². The molecular formula is C12H20N2OS. The Morgan fingerprint density at radius 3 is 2.50 bits per heavy atom. The molecule has 1 rings (SSSR count). The van der Waals surface area contributed by atoms with Gasteiger partial charge in [-0.1, -0.05) is 25.2 Å². The van der Waals surface area contributed by atoms with E-state index < -0.39 is 0 Å². The Morgan fingerprint density at radius 2 is 2.12 bits per heavy atom. The number of nitrogens with zero attached hydrogens (tertiary/aromatic N) is 2. The molecule has 0 bridgehead atoms. The van der Waals surface area contributed by atoms with Crippen LogP contribution >= 0.6 is 11.3 Å². The molecule has 1 atom stereocenters. The zero-order valence-electron chi connectivity index (χ0n) is 10.5. The second kappa shape index (κ2) is 5.99. The molecule has 0 aromatic carbocycles. The highest BCUT2D eigenvalue weighted by Gasteiger charge is 2.17. The summed E-state index contributed by atoms with van der Waals surface area (Å²) in [6, 6.07) is 0.473. The smallest absolute Gasteiger partial charge is 0.186 e. The summed E-state index contributed by atoms with van der Waals surface area (Å²) in [6.07, 6.45) is 2.83. The molecule has 0 aliphatic heterocycles. The lowest BCUT2D eigenvalue weighted by atomic mass is 10.2. The summed E-state index contributed by atoms with van der Waals surface area (Å²) in [5.41, 5.74) is 0.928. The first-order valence-electron chi connectivity index (χ1n) is 5.89. The number of rotatable bonds is 6. The first-order chi connectivity index (χ1) is 7.67. The standard InChI is InChI=1S/C12H20N2OS/c1-5-9(4)14(7-3)12-13-10(6-2)11(8-15)16-12/h8-9H,5-7H2,1-4H3. The number of anilines is 1. The average Bonchev–Trinajstić information content (AvgIpc) is 2.72. The van der Waals surface area contributed by atoms with Gasteiger partial charge in [0.25, 0.3) is 0 Å². The first kappa shape index (κ1) is 13.2. The maximum atomic E-state index is 10.9. The van der Waals surface area contributed by atoms with Crippen LogP contribution < -0.4 is 4.90 Å². The highest BCUT2D eigenvalue weighted by molar-refractivity contribution is 7.17. The molecule has 0 N–H and O–H groups in total. The van der Waals surface area contributed by atoms with Crippen molar-refractivity contribution < 1.29 is 4.79 Å². The minimum Gasteiger partial charge on any atom is -0.346 e. The monoisotopic (exact) mass is 240 g/mol. The zero-order valence-corrected chi connectivity index (χ0v) is 11.3. The fourth-order valence-electron chi connectivity index (χ4n) is 1.67. The van der Waals surface area contributed by atoms with Gasteiger partial charge < -0.3 is 4.90 Å². The van der Waals surface area contributed by atoms with Gasteiger partial charge in [-0.15, -0.1) is 0 Å². The molecule has 16 heavy (non-hydrogen) atoms. The minimum atomic E-state index is 0.473. The predicted molar refractivity (Wildman–Crippen MR) is 69.7 cm³/mol. The van der Waals surface area contributed by atoms with Gasteiger partial charge in [0.2, 0.25) is 0 Å². The van der Waals surface area contributed by atoms with E-state index in [9.17, 15) is 4.79 Å². The van der Waals surface area contributed by atoms with Crippen molar-refractivity contribution >= 4 is 22.8 Å². The molecule has 0 aliphatic rings. The van der Waals surface area contributed by atoms with Crippen LogP contribution in [0.3, 0.4) is 0 Å². The zero-order chi connectivity index (χ0) is 12.1. The molecule has 0 radical (unpaired) electrons. The number of aldehydes is 1. The van der Waals surface area contributed by atoms with E-state index in [-0.39, 0.29) is 0 Å². The molecule has 0 saturated carbocycles. The topological polar surface area (TPSA) is 33.2 Å². The number of aromatic nitrogens is 1. The summed E-state index contributed by atoms with van der Waals surface area (Å²) < 4.78 is 0. The minimum absolute atomic E-state index is 0.473. The highest BCUT2D eigenvalue weighted by atomic mass is 32.1. The van der Waals surface area contributed by atoms with E-state index in [1.165, 1.54) is 11.3 Å². The van der Waals surface area contributed by atoms with Crippen LogP contribution in [0.2, 0.25) is 0 Å². The number of carbonyl (C=O) groups is 1. The summed E-state index contributed by atoms with van der Waals surface area (Å²) in [5, 5.41) is 0.982. The van der Waals surface area contributed by atoms with E-state index in [1.54, 1.807) is 0 Å². The Bertz CT molecular complexity index is 349. The molecule has 0 spiro atoms. The number of hydrogen-bond acceptors (Lipinski definition) is 4. The van der Waals surface area contributed by atoms with E-state index in [1.807, 2.05) is 6.92 Å². The second-order valence-electron chi connectivity index (χ2n) is 3.82. The molecule has 4 heteroatoms. The maximum Gasteiger partial charge on any atom is 0.186 e. The van der Waals surface area contributed by atoms with Crippen LogP contribution in [0.5, 0.6) is 0 Å². The van der Waals surface area contributed by atoms with Crippen molar-refractivity contribution in [2.24, 2.45) is 0 Å². The second-order valence-corrected chi connectivity index (χ2v) is 4.83. The molecule has 1 unspecified atom stereocenters. The van der Waals surface area contributed by atoms with Crippen LogP contribution in [0.1, 0.15) is 49.5 Å². The van der Waals surface area contributed by atoms with Gasteiger partial charge in [-0.05, 0) is 26.7 Å². The lowest BCUT2D eigenvalue weighted by molar-refractivity contribution is 0.112. The molecule has 0 amide bonds. The first-order valence-corrected chi connectivity index (χ1v) is 6.70. The Hall–Kier alpha value is -0.900. The lowest BCUT2D eigenvalue weighted by Gasteiger charge is -2.26. The third kappa shape index (κ3) is 2.61. The highest BCUT2D eigenvalue weighted by Crippen LogP contribution is 2.27. The lowest BCUT2D eigenvalue weighted by Crippen LogP contribution is -2.32. The summed E-state index contributed by atoms with van der Waals surface area (Å²) >= 11 is 1.51. The fourth-order valence-corrected chi connectivity index (χ4v) is 2.81. The molecule has 1 aromatic rings. The van der Waals surface area contributed by atoms with E-state index in [2.05, 4.69) is 30.7 Å². The van der Waals surface area contributed by atoms with Gasteiger partial charge in [-0.3, -0.25) is 4.79 Å². The Morgan fingerprint density at radius 1 is 1.44 bits per heavy atom. The van der Waals surface area contributed by atoms with Crippen LogP contribution in [0.15, 0.2) is 0 Å². The van der Waals surface area contributed by atoms with Gasteiger partial charge >= 0.3 is 0 Å². The number of aryl methyl sites for hydroxylation is 1. The van der Waals surface area contributed by atoms with Crippen LogP contribution in [0.25, 0.3) is 0 Å². The summed E-state index contributed by atoms with van der Waals surface area (Å²) in [7, 11) is 0. The molecule has 90 valence electrons. The molecule has 0 saturated heterocycles. The van der Waals surface area contributed by atoms with Gasteiger partial charge in [0.15, 0.2) is 11.4 Å². The summed E-state index contributed by atoms with van der Waals surface area (Å²) in [6.45, 7) is 9.45. The predicted octanol–water partition coefficient (Wildman–Crippen LogP) is 3.14. The Kier molecular flexibility index (Phi) is 4.93. The largest absolute Gasteiger partial charge is 0.346 e. The van der Waals surface area contributed by atoms with E-state index >= 15 is 0 Å². The molecule has 1 aromatic heterocycles. The summed E-state index contributed by atoms with van der Waals surface area (Å²) in [4.78, 5) is 18.5. The van der Waals surface area contributed by atoms with Crippen molar-refractivity contribution in [1.82, 2.24) is 4.98 Å². The Balaban J connectivity index is 3.01. The van der Waals surface area contributed by atoms with Crippen LogP contribution in [-0.2, 0) is 6.42 Å². The third-order valence-electron chi connectivity index (χ3n) is 2.87. The van der Waals surface area contributed by atoms with Crippen LogP contribution in [0, 0.1) is 0 Å². The van der Waals surface area contributed by atoms with Gasteiger partial charge in [0.05, 0.1) is 10.6 Å². The van der Waals surface area contributed by atoms with E-state index in [0.717, 1.165) is 41.4 Å². The van der Waals surface area contributed by atoms with Gasteiger partial charge in [-0.25, -0.2) is 4.98 Å². The van der Waals surface area contributed by atoms with Crippen molar-refractivity contribution in [3.8, 4) is 0 Å². The molecule has 1 heterocycles. The average molecular weight is 240 g/mol. The molecule has 0 fully saturated rings. The van der Waals surface area contributed by atoms with Gasteiger partial charge in [0.1, 0.15) is 0 Å². The fraction of sp³-hybridized carbons (Fsp3) is 0.667. The van der Waals surface area contributed by atoms with Crippen molar-refractivity contribution in [2.45, 2.75) is 46.6 Å². The van der Waals surface area contributed by atoms with Gasteiger partial charge in [-0.2, -0.15) is 0 Å². The van der Waals surface area contributed by atoms with Crippen LogP contribution in [0.4, 0.5) is 5.13 Å². The van der Waals surface area contributed by atoms with Crippen LogP contribution in [-0.4, -0.2) is 23.9 Å². The van der Waals surface area contributed by atoms with Crippen molar-refractivity contribution in [3.63, 3.8) is 0 Å². The third-order valence-corrected chi connectivity index (χ3v) is 3.93. The molecular weight excluding hydrogens is 220 g/mol. The number of hydrogen-bond donors (Lipinski definition) is 0. The Labute approximate surface area is 101 Å². The number of thiazole rings is 1. The number of carbonyl (C=O) groups excluding carboxylic acids is 1.